The summed E-state index contributed by atoms with van der Waals surface area (Å²) in [6, 6.07) is 0. The minimum Gasteiger partial charge on any atom is -0.469 e. The number of esters is 1. The van der Waals surface area contributed by atoms with Crippen molar-refractivity contribution in [3.05, 3.63) is 5.82 Å². The first-order valence-electron chi connectivity index (χ1n) is 10.1. The number of rotatable bonds is 16. The number of unbranched alkanes of at least 4 members (excludes halogenated alkanes) is 10. The molecule has 0 aliphatic heterocycles. The van der Waals surface area contributed by atoms with E-state index >= 15 is 0 Å². The third-order valence-corrected chi connectivity index (χ3v) is 4.59. The van der Waals surface area contributed by atoms with Crippen molar-refractivity contribution in [3.63, 3.8) is 0 Å². The summed E-state index contributed by atoms with van der Waals surface area (Å²) < 4.78 is 6.62. The minimum absolute atomic E-state index is 0.107. The Kier molecular flexibility index (Phi) is 12.8. The predicted molar refractivity (Wildman–Crippen MR) is 99.2 cm³/mol. The number of hydrogen-bond acceptors (Lipinski definition) is 5. The van der Waals surface area contributed by atoms with Crippen molar-refractivity contribution in [2.24, 2.45) is 0 Å². The topological polar surface area (TPSA) is 69.9 Å². The van der Waals surface area contributed by atoms with Gasteiger partial charge in [0, 0.05) is 19.4 Å². The lowest BCUT2D eigenvalue weighted by atomic mass is 10.1. The van der Waals surface area contributed by atoms with Crippen LogP contribution in [0.3, 0.4) is 0 Å². The van der Waals surface area contributed by atoms with Gasteiger partial charge in [-0.25, -0.2) is 4.68 Å². The molecule has 0 spiro atoms. The summed E-state index contributed by atoms with van der Waals surface area (Å²) in [5.41, 5.74) is 0. The maximum atomic E-state index is 11.0. The van der Waals surface area contributed by atoms with E-state index in [0.29, 0.717) is 6.42 Å². The summed E-state index contributed by atoms with van der Waals surface area (Å²) in [5.74, 6) is 0.907. The second-order valence-corrected chi connectivity index (χ2v) is 6.78. The average Bonchev–Trinajstić information content (AvgIpc) is 3.07. The highest BCUT2D eigenvalue weighted by Gasteiger charge is 2.06. The third kappa shape index (κ3) is 10.9. The molecule has 6 heteroatoms. The molecule has 6 nitrogen and oxygen atoms in total. The number of methoxy groups -OCH3 is 1. The quantitative estimate of drug-likeness (QED) is 0.324. The van der Waals surface area contributed by atoms with Crippen LogP contribution in [0.25, 0.3) is 0 Å². The summed E-state index contributed by atoms with van der Waals surface area (Å²) in [5, 5.41) is 12.1. The zero-order valence-corrected chi connectivity index (χ0v) is 16.2. The van der Waals surface area contributed by atoms with Gasteiger partial charge in [-0.3, -0.25) is 4.79 Å². The third-order valence-electron chi connectivity index (χ3n) is 4.59. The van der Waals surface area contributed by atoms with Crippen LogP contribution in [0.2, 0.25) is 0 Å². The second-order valence-electron chi connectivity index (χ2n) is 6.78. The van der Waals surface area contributed by atoms with E-state index in [0.717, 1.165) is 57.3 Å². The van der Waals surface area contributed by atoms with E-state index < -0.39 is 0 Å². The Labute approximate surface area is 152 Å². The maximum Gasteiger partial charge on any atom is 0.305 e. The Hall–Kier alpha value is -1.46. The summed E-state index contributed by atoms with van der Waals surface area (Å²) in [6.07, 6.45) is 16.0. The first-order chi connectivity index (χ1) is 12.3. The SMILES string of the molecule is CCCCCCCCCn1nnnc1CCCCCCCC(=O)OC. The monoisotopic (exact) mass is 352 g/mol. The van der Waals surface area contributed by atoms with E-state index in [9.17, 15) is 4.79 Å². The van der Waals surface area contributed by atoms with Crippen molar-refractivity contribution >= 4 is 5.97 Å². The molecule has 0 atom stereocenters. The van der Waals surface area contributed by atoms with Crippen LogP contribution in [0.15, 0.2) is 0 Å². The van der Waals surface area contributed by atoms with Crippen molar-refractivity contribution in [2.45, 2.75) is 103 Å². The predicted octanol–water partition coefficient (Wildman–Crippen LogP) is 4.48. The van der Waals surface area contributed by atoms with Gasteiger partial charge in [0.15, 0.2) is 5.82 Å². The molecule has 25 heavy (non-hydrogen) atoms. The molecule has 0 fully saturated rings. The van der Waals surface area contributed by atoms with Crippen molar-refractivity contribution in [3.8, 4) is 0 Å². The van der Waals surface area contributed by atoms with E-state index in [2.05, 4.69) is 27.2 Å². The molecule has 0 N–H and O–H groups in total. The highest BCUT2D eigenvalue weighted by Crippen LogP contribution is 2.10. The number of aryl methyl sites for hydroxylation is 2. The van der Waals surface area contributed by atoms with E-state index in [-0.39, 0.29) is 5.97 Å². The highest BCUT2D eigenvalue weighted by atomic mass is 16.5. The largest absolute Gasteiger partial charge is 0.469 e. The van der Waals surface area contributed by atoms with Gasteiger partial charge in [0.2, 0.25) is 0 Å². The van der Waals surface area contributed by atoms with Crippen molar-refractivity contribution in [2.75, 3.05) is 7.11 Å². The molecule has 0 radical (unpaired) electrons. The Balaban J connectivity index is 2.04. The standard InChI is InChI=1S/C19H36N4O2/c1-3-4-5-6-7-11-14-17-23-18(20-21-22-23)15-12-9-8-10-13-16-19(24)25-2/h3-17H2,1-2H3. The van der Waals surface area contributed by atoms with E-state index in [1.54, 1.807) is 0 Å². The van der Waals surface area contributed by atoms with Gasteiger partial charge in [0.25, 0.3) is 0 Å². The Morgan fingerprint density at radius 2 is 1.56 bits per heavy atom. The number of tetrazole rings is 1. The summed E-state index contributed by atoms with van der Waals surface area (Å²) in [6.45, 7) is 3.19. The van der Waals surface area contributed by atoms with Gasteiger partial charge >= 0.3 is 5.97 Å². The zero-order chi connectivity index (χ0) is 18.2. The number of carbonyl (C=O) groups is 1. The molecular weight excluding hydrogens is 316 g/mol. The number of hydrogen-bond donors (Lipinski definition) is 0. The molecule has 0 amide bonds. The zero-order valence-electron chi connectivity index (χ0n) is 16.2. The molecule has 0 aliphatic rings. The number of nitrogens with zero attached hydrogens (tertiary/aromatic N) is 4. The minimum atomic E-state index is -0.107. The molecule has 1 aromatic heterocycles. The first kappa shape index (κ1) is 21.6. The molecule has 144 valence electrons. The van der Waals surface area contributed by atoms with Crippen LogP contribution in [0.1, 0.15) is 96.2 Å². The van der Waals surface area contributed by atoms with Crippen LogP contribution < -0.4 is 0 Å². The number of ether oxygens (including phenoxy) is 1. The molecule has 0 saturated carbocycles. The van der Waals surface area contributed by atoms with Crippen LogP contribution in [0, 0.1) is 0 Å². The lowest BCUT2D eigenvalue weighted by Crippen LogP contribution is -2.06. The van der Waals surface area contributed by atoms with Crippen molar-refractivity contribution < 1.29 is 9.53 Å². The maximum absolute atomic E-state index is 11.0. The van der Waals surface area contributed by atoms with Crippen LogP contribution in [0.5, 0.6) is 0 Å². The van der Waals surface area contributed by atoms with E-state index in [1.165, 1.54) is 45.6 Å². The molecule has 0 bridgehead atoms. The van der Waals surface area contributed by atoms with Gasteiger partial charge in [-0.2, -0.15) is 0 Å². The Morgan fingerprint density at radius 1 is 0.920 bits per heavy atom. The molecule has 0 unspecified atom stereocenters. The molecule has 1 heterocycles. The van der Waals surface area contributed by atoms with Crippen LogP contribution in [-0.4, -0.2) is 33.3 Å². The Morgan fingerprint density at radius 3 is 2.28 bits per heavy atom. The molecular formula is C19H36N4O2. The van der Waals surface area contributed by atoms with E-state index in [4.69, 9.17) is 0 Å². The molecule has 1 aromatic rings. The fourth-order valence-corrected chi connectivity index (χ4v) is 2.98. The summed E-state index contributed by atoms with van der Waals surface area (Å²) in [7, 11) is 1.44. The number of carbonyl (C=O) groups excluding carboxylic acids is 1. The second kappa shape index (κ2) is 14.8. The van der Waals surface area contributed by atoms with Gasteiger partial charge in [0.05, 0.1) is 7.11 Å². The highest BCUT2D eigenvalue weighted by molar-refractivity contribution is 5.68. The molecule has 0 aliphatic carbocycles. The fourth-order valence-electron chi connectivity index (χ4n) is 2.98. The molecule has 0 saturated heterocycles. The van der Waals surface area contributed by atoms with Gasteiger partial charge in [-0.15, -0.1) is 5.10 Å². The van der Waals surface area contributed by atoms with Crippen LogP contribution >= 0.6 is 0 Å². The average molecular weight is 353 g/mol. The molecule has 0 aromatic carbocycles. The lowest BCUT2D eigenvalue weighted by molar-refractivity contribution is -0.140. The van der Waals surface area contributed by atoms with Gasteiger partial charge < -0.3 is 4.74 Å². The van der Waals surface area contributed by atoms with Crippen LogP contribution in [-0.2, 0) is 22.5 Å². The van der Waals surface area contributed by atoms with Crippen molar-refractivity contribution in [1.82, 2.24) is 20.2 Å². The van der Waals surface area contributed by atoms with Gasteiger partial charge in [-0.1, -0.05) is 64.7 Å². The van der Waals surface area contributed by atoms with E-state index in [1.807, 2.05) is 4.68 Å². The Bertz CT molecular complexity index is 448. The fraction of sp³-hybridized carbons (Fsp3) is 0.895. The van der Waals surface area contributed by atoms with Gasteiger partial charge in [0.1, 0.15) is 0 Å². The smallest absolute Gasteiger partial charge is 0.305 e. The number of aromatic nitrogens is 4. The normalized spacial score (nSPS) is 11.0. The first-order valence-corrected chi connectivity index (χ1v) is 10.1. The summed E-state index contributed by atoms with van der Waals surface area (Å²) in [4.78, 5) is 11.0. The lowest BCUT2D eigenvalue weighted by Gasteiger charge is -2.05. The summed E-state index contributed by atoms with van der Waals surface area (Å²) >= 11 is 0. The van der Waals surface area contributed by atoms with Gasteiger partial charge in [-0.05, 0) is 29.7 Å². The van der Waals surface area contributed by atoms with Crippen molar-refractivity contribution in [1.29, 1.82) is 0 Å². The molecule has 1 rings (SSSR count). The van der Waals surface area contributed by atoms with Crippen LogP contribution in [0.4, 0.5) is 0 Å².